The molecule has 2 rings (SSSR count). The van der Waals surface area contributed by atoms with Gasteiger partial charge in [0, 0.05) is 20.1 Å². The van der Waals surface area contributed by atoms with Crippen LogP contribution in [0.5, 0.6) is 11.5 Å². The molecule has 7 heteroatoms. The first-order chi connectivity index (χ1) is 13.8. The third-order valence-electron chi connectivity index (χ3n) is 3.99. The molecular formula is C22H28O7. The largest absolute Gasteiger partial charge is 0.508 e. The van der Waals surface area contributed by atoms with E-state index in [0.717, 1.165) is 17.5 Å². The number of rotatable bonds is 7. The summed E-state index contributed by atoms with van der Waals surface area (Å²) in [7, 11) is 4.32. The van der Waals surface area contributed by atoms with Gasteiger partial charge in [0.25, 0.3) is 0 Å². The van der Waals surface area contributed by atoms with Gasteiger partial charge in [-0.3, -0.25) is 0 Å². The van der Waals surface area contributed by atoms with Gasteiger partial charge in [-0.25, -0.2) is 9.59 Å². The van der Waals surface area contributed by atoms with Crippen LogP contribution in [0.15, 0.2) is 36.4 Å². The number of hydrogen-bond acceptors (Lipinski definition) is 7. The molecule has 158 valence electrons. The van der Waals surface area contributed by atoms with E-state index >= 15 is 0 Å². The predicted molar refractivity (Wildman–Crippen MR) is 109 cm³/mol. The van der Waals surface area contributed by atoms with Gasteiger partial charge in [0.1, 0.15) is 11.5 Å². The van der Waals surface area contributed by atoms with Crippen LogP contribution in [0.2, 0.25) is 0 Å². The molecule has 0 heterocycles. The molecule has 0 aromatic heterocycles. The topological polar surface area (TPSA) is 91.3 Å². The number of methoxy groups -OCH3 is 3. The van der Waals surface area contributed by atoms with Crippen LogP contribution < -0.4 is 4.74 Å². The number of aryl methyl sites for hydroxylation is 2. The molecule has 0 unspecified atom stereocenters. The van der Waals surface area contributed by atoms with Gasteiger partial charge in [-0.15, -0.1) is 0 Å². The van der Waals surface area contributed by atoms with Crippen LogP contribution in [0, 0.1) is 13.8 Å². The van der Waals surface area contributed by atoms with Crippen LogP contribution in [-0.2, 0) is 14.2 Å². The molecule has 0 fully saturated rings. The standard InChI is InChI=1S/C13H18O4.C9H10O3/c1-10-5-6-11(13(14)16-3)9-12(10)17-8-4-7-15-2;1-6-3-4-7(5-8(6)10)9(11)12-2/h5-6,9H,4,7-8H2,1-3H3;3-5,10H,1-2H3. The first-order valence-electron chi connectivity index (χ1n) is 9.02. The van der Waals surface area contributed by atoms with E-state index in [-0.39, 0.29) is 11.7 Å². The fourth-order valence-electron chi connectivity index (χ4n) is 2.24. The van der Waals surface area contributed by atoms with Crippen molar-refractivity contribution in [3.8, 4) is 11.5 Å². The molecule has 29 heavy (non-hydrogen) atoms. The lowest BCUT2D eigenvalue weighted by Gasteiger charge is -2.10. The van der Waals surface area contributed by atoms with Crippen molar-refractivity contribution in [2.24, 2.45) is 0 Å². The Bertz CT molecular complexity index is 815. The summed E-state index contributed by atoms with van der Waals surface area (Å²) in [5.41, 5.74) is 2.60. The van der Waals surface area contributed by atoms with Crippen LogP contribution in [-0.4, -0.2) is 51.6 Å². The highest BCUT2D eigenvalue weighted by Gasteiger charge is 2.08. The van der Waals surface area contributed by atoms with Crippen molar-refractivity contribution in [2.45, 2.75) is 20.3 Å². The molecule has 0 amide bonds. The molecular weight excluding hydrogens is 376 g/mol. The summed E-state index contributed by atoms with van der Waals surface area (Å²) in [6.07, 6.45) is 0.818. The van der Waals surface area contributed by atoms with E-state index in [4.69, 9.17) is 9.47 Å². The summed E-state index contributed by atoms with van der Waals surface area (Å²) < 4.78 is 19.7. The van der Waals surface area contributed by atoms with E-state index in [1.54, 1.807) is 38.3 Å². The van der Waals surface area contributed by atoms with Crippen molar-refractivity contribution in [3.63, 3.8) is 0 Å². The number of carbonyl (C=O) groups excluding carboxylic acids is 2. The second-order valence-corrected chi connectivity index (χ2v) is 6.16. The van der Waals surface area contributed by atoms with Crippen molar-refractivity contribution < 1.29 is 33.6 Å². The zero-order valence-corrected chi connectivity index (χ0v) is 17.5. The monoisotopic (exact) mass is 404 g/mol. The third kappa shape index (κ3) is 7.83. The average molecular weight is 404 g/mol. The number of aromatic hydroxyl groups is 1. The Morgan fingerprint density at radius 3 is 1.90 bits per heavy atom. The third-order valence-corrected chi connectivity index (χ3v) is 3.99. The van der Waals surface area contributed by atoms with Gasteiger partial charge >= 0.3 is 11.9 Å². The highest BCUT2D eigenvalue weighted by molar-refractivity contribution is 5.90. The van der Waals surface area contributed by atoms with Crippen LogP contribution in [0.25, 0.3) is 0 Å². The number of phenolic OH excluding ortho intramolecular Hbond substituents is 1. The van der Waals surface area contributed by atoms with Gasteiger partial charge in [0.05, 0.1) is 32.0 Å². The lowest BCUT2D eigenvalue weighted by Crippen LogP contribution is -2.05. The molecule has 0 spiro atoms. The first kappa shape index (κ1) is 24.0. The maximum Gasteiger partial charge on any atom is 0.337 e. The van der Waals surface area contributed by atoms with Gasteiger partial charge in [0.2, 0.25) is 0 Å². The molecule has 0 radical (unpaired) electrons. The number of hydrogen-bond donors (Lipinski definition) is 1. The van der Waals surface area contributed by atoms with Gasteiger partial charge in [-0.05, 0) is 49.2 Å². The fraction of sp³-hybridized carbons (Fsp3) is 0.364. The molecule has 0 atom stereocenters. The maximum absolute atomic E-state index is 11.4. The second-order valence-electron chi connectivity index (χ2n) is 6.16. The summed E-state index contributed by atoms with van der Waals surface area (Å²) in [5.74, 6) is 0.0268. The number of esters is 2. The minimum atomic E-state index is -0.440. The van der Waals surface area contributed by atoms with E-state index in [0.29, 0.717) is 30.1 Å². The molecule has 1 N–H and O–H groups in total. The van der Waals surface area contributed by atoms with Crippen molar-refractivity contribution in [1.29, 1.82) is 0 Å². The molecule has 7 nitrogen and oxygen atoms in total. The number of phenols is 1. The van der Waals surface area contributed by atoms with Crippen LogP contribution in [0.3, 0.4) is 0 Å². The summed E-state index contributed by atoms with van der Waals surface area (Å²) in [6, 6.07) is 9.94. The Balaban J connectivity index is 0.000000308. The second kappa shape index (κ2) is 12.4. The lowest BCUT2D eigenvalue weighted by atomic mass is 10.1. The Labute approximate surface area is 171 Å². The van der Waals surface area contributed by atoms with Crippen LogP contribution in [0.1, 0.15) is 38.3 Å². The van der Waals surface area contributed by atoms with Crippen LogP contribution in [0.4, 0.5) is 0 Å². The molecule has 2 aromatic rings. The number of benzene rings is 2. The number of ether oxygens (including phenoxy) is 4. The average Bonchev–Trinajstić information content (AvgIpc) is 2.73. The minimum Gasteiger partial charge on any atom is -0.508 e. The number of carbonyl (C=O) groups is 2. The van der Waals surface area contributed by atoms with E-state index < -0.39 is 5.97 Å². The van der Waals surface area contributed by atoms with Crippen molar-refractivity contribution in [2.75, 3.05) is 34.5 Å². The molecule has 0 aliphatic carbocycles. The van der Waals surface area contributed by atoms with Crippen molar-refractivity contribution >= 4 is 11.9 Å². The summed E-state index contributed by atoms with van der Waals surface area (Å²) in [5, 5.41) is 9.24. The Morgan fingerprint density at radius 2 is 1.38 bits per heavy atom. The highest BCUT2D eigenvalue weighted by Crippen LogP contribution is 2.20. The zero-order valence-electron chi connectivity index (χ0n) is 17.5. The first-order valence-corrected chi connectivity index (χ1v) is 9.02. The summed E-state index contributed by atoms with van der Waals surface area (Å²) in [4.78, 5) is 22.3. The van der Waals surface area contributed by atoms with Crippen LogP contribution >= 0.6 is 0 Å². The minimum absolute atomic E-state index is 0.109. The maximum atomic E-state index is 11.4. The van der Waals surface area contributed by atoms with E-state index in [1.807, 2.05) is 13.0 Å². The van der Waals surface area contributed by atoms with E-state index in [9.17, 15) is 14.7 Å². The zero-order chi connectivity index (χ0) is 21.8. The molecule has 0 aliphatic rings. The molecule has 0 bridgehead atoms. The van der Waals surface area contributed by atoms with Crippen molar-refractivity contribution in [1.82, 2.24) is 0 Å². The lowest BCUT2D eigenvalue weighted by molar-refractivity contribution is 0.0591. The fourth-order valence-corrected chi connectivity index (χ4v) is 2.24. The quantitative estimate of drug-likeness (QED) is 0.556. The Hall–Kier alpha value is -3.06. The van der Waals surface area contributed by atoms with Gasteiger partial charge in [-0.1, -0.05) is 12.1 Å². The molecule has 2 aromatic carbocycles. The highest BCUT2D eigenvalue weighted by atomic mass is 16.5. The van der Waals surface area contributed by atoms with E-state index in [1.165, 1.54) is 20.3 Å². The summed E-state index contributed by atoms with van der Waals surface area (Å²) >= 11 is 0. The Morgan fingerprint density at radius 1 is 0.828 bits per heavy atom. The smallest absolute Gasteiger partial charge is 0.337 e. The van der Waals surface area contributed by atoms with E-state index in [2.05, 4.69) is 9.47 Å². The molecule has 0 saturated carbocycles. The SMILES string of the molecule is COC(=O)c1ccc(C)c(O)c1.COCCCOc1cc(C(=O)OC)ccc1C. The molecule has 0 saturated heterocycles. The predicted octanol–water partition coefficient (Wildman–Crippen LogP) is 3.68. The van der Waals surface area contributed by atoms with Gasteiger partial charge in [0.15, 0.2) is 0 Å². The normalized spacial score (nSPS) is 9.83. The van der Waals surface area contributed by atoms with Gasteiger partial charge < -0.3 is 24.1 Å². The van der Waals surface area contributed by atoms with Gasteiger partial charge in [-0.2, -0.15) is 0 Å². The summed E-state index contributed by atoms with van der Waals surface area (Å²) in [6.45, 7) is 4.93. The Kier molecular flexibility index (Phi) is 10.3. The molecule has 0 aliphatic heterocycles. The van der Waals surface area contributed by atoms with Crippen molar-refractivity contribution in [3.05, 3.63) is 58.7 Å².